The Morgan fingerprint density at radius 1 is 1.27 bits per heavy atom. The molecule has 6 nitrogen and oxygen atoms in total. The van der Waals surface area contributed by atoms with Gasteiger partial charge >= 0.3 is 0 Å². The van der Waals surface area contributed by atoms with Crippen LogP contribution >= 0.6 is 23.1 Å². The number of benzene rings is 1. The van der Waals surface area contributed by atoms with E-state index >= 15 is 0 Å². The van der Waals surface area contributed by atoms with E-state index in [1.54, 1.807) is 23.5 Å². The third kappa shape index (κ3) is 3.75. The fourth-order valence-electron chi connectivity index (χ4n) is 9.15. The van der Waals surface area contributed by atoms with Crippen molar-refractivity contribution in [2.75, 3.05) is 5.75 Å². The maximum absolute atomic E-state index is 14.5. The Kier molecular flexibility index (Phi) is 6.48. The van der Waals surface area contributed by atoms with E-state index in [-0.39, 0.29) is 46.6 Å². The van der Waals surface area contributed by atoms with Gasteiger partial charge < -0.3 is 14.6 Å². The zero-order valence-corrected chi connectivity index (χ0v) is 24.9. The minimum absolute atomic E-state index is 0.00413. The molecular weight excluding hydrogens is 542 g/mol. The first kappa shape index (κ1) is 27.0. The average molecular weight is 580 g/mol. The molecule has 5 aliphatic rings. The predicted octanol–water partition coefficient (Wildman–Crippen LogP) is 6.13. The number of nitrogens with zero attached hydrogens (tertiary/aromatic N) is 1. The molecule has 8 heteroatoms. The molecule has 2 aromatic rings. The number of ether oxygens (including phenoxy) is 2. The zero-order valence-electron chi connectivity index (χ0n) is 23.3. The molecule has 1 saturated heterocycles. The summed E-state index contributed by atoms with van der Waals surface area (Å²) in [5.74, 6) is 0.772. The number of thiazole rings is 1. The summed E-state index contributed by atoms with van der Waals surface area (Å²) < 4.78 is 15.3. The Labute approximate surface area is 243 Å². The first-order valence-corrected chi connectivity index (χ1v) is 16.5. The van der Waals surface area contributed by atoms with Gasteiger partial charge in [0.05, 0.1) is 28.2 Å². The summed E-state index contributed by atoms with van der Waals surface area (Å²) in [5, 5.41) is 11.9. The van der Waals surface area contributed by atoms with Crippen molar-refractivity contribution >= 4 is 44.9 Å². The van der Waals surface area contributed by atoms with Crippen LogP contribution in [-0.4, -0.2) is 51.5 Å². The van der Waals surface area contributed by atoms with Crippen molar-refractivity contribution in [3.63, 3.8) is 0 Å². The monoisotopic (exact) mass is 579 g/mol. The maximum Gasteiger partial charge on any atom is 0.178 e. The fraction of sp³-hybridized carbons (Fsp3) is 0.594. The Bertz CT molecular complexity index is 1400. The van der Waals surface area contributed by atoms with E-state index in [1.807, 2.05) is 24.3 Å². The lowest BCUT2D eigenvalue weighted by Gasteiger charge is -2.59. The molecule has 0 spiro atoms. The number of ketones is 2. The van der Waals surface area contributed by atoms with Crippen molar-refractivity contribution in [1.29, 1.82) is 0 Å². The highest BCUT2D eigenvalue weighted by Crippen LogP contribution is 2.69. The van der Waals surface area contributed by atoms with Gasteiger partial charge in [-0.25, -0.2) is 4.98 Å². The second kappa shape index (κ2) is 9.60. The molecule has 40 heavy (non-hydrogen) atoms. The molecule has 1 aliphatic heterocycles. The van der Waals surface area contributed by atoms with E-state index in [9.17, 15) is 14.7 Å². The number of para-hydroxylation sites is 1. The van der Waals surface area contributed by atoms with Gasteiger partial charge in [-0.05, 0) is 68.2 Å². The van der Waals surface area contributed by atoms with Gasteiger partial charge in [0, 0.05) is 16.7 Å². The summed E-state index contributed by atoms with van der Waals surface area (Å²) in [4.78, 5) is 31.4. The number of aromatic nitrogens is 1. The van der Waals surface area contributed by atoms with E-state index in [0.29, 0.717) is 6.42 Å². The van der Waals surface area contributed by atoms with E-state index in [2.05, 4.69) is 26.8 Å². The zero-order chi connectivity index (χ0) is 27.9. The summed E-state index contributed by atoms with van der Waals surface area (Å²) in [5.41, 5.74) is 0.117. The van der Waals surface area contributed by atoms with Crippen LogP contribution < -0.4 is 0 Å². The van der Waals surface area contributed by atoms with Crippen molar-refractivity contribution in [3.8, 4) is 0 Å². The third-order valence-corrected chi connectivity index (χ3v) is 13.0. The molecule has 0 bridgehead atoms. The fourth-order valence-corrected chi connectivity index (χ4v) is 11.2. The van der Waals surface area contributed by atoms with E-state index in [0.717, 1.165) is 52.2 Å². The number of Topliss-reactive ketones (excluding diaryl/α,β-unsaturated/α-hetero) is 1. The molecule has 1 N–H and O–H groups in total. The number of fused-ring (bicyclic) bond motifs is 8. The van der Waals surface area contributed by atoms with Crippen LogP contribution in [-0.2, 0) is 19.1 Å². The van der Waals surface area contributed by atoms with Crippen molar-refractivity contribution < 1.29 is 24.2 Å². The molecule has 4 aliphatic carbocycles. The SMILES string of the molecule is CCC[C@@H]1O[C@@H]2CC3C4CCC5=CC(=O)C=CC5(C)C4[C@@H](O)CC3(C)[C@@]2(C(=O)CSc2nc3ccccc3s2)O1. The molecular formula is C32H37NO5S2. The second-order valence-corrected chi connectivity index (χ2v) is 15.1. The van der Waals surface area contributed by atoms with Crippen molar-refractivity contribution in [2.24, 2.45) is 28.6 Å². The number of aliphatic hydroxyl groups excluding tert-OH is 1. The van der Waals surface area contributed by atoms with E-state index in [4.69, 9.17) is 14.5 Å². The smallest absolute Gasteiger partial charge is 0.178 e. The van der Waals surface area contributed by atoms with Crippen LogP contribution in [0.15, 0.2) is 52.4 Å². The standard InChI is InChI=1S/C32H37NO5S2/c1-4-7-27-37-26-15-21-20-11-10-18-14-19(34)12-13-30(18,2)28(20)23(35)16-31(21,3)32(26,38-27)25(36)17-39-29-33-22-8-5-6-9-24(22)40-29/h5-6,8-9,12-14,20-21,23,26-28,35H,4,7,10-11,15-17H2,1-3H3/t20?,21?,23-,26+,27+,28?,30?,31?,32-/m0/s1. The minimum atomic E-state index is -1.08. The van der Waals surface area contributed by atoms with Crippen molar-refractivity contribution in [1.82, 2.24) is 4.98 Å². The van der Waals surface area contributed by atoms with Gasteiger partial charge in [0.25, 0.3) is 0 Å². The summed E-state index contributed by atoms with van der Waals surface area (Å²) in [6, 6.07) is 8.05. The van der Waals surface area contributed by atoms with Gasteiger partial charge in [-0.2, -0.15) is 0 Å². The van der Waals surface area contributed by atoms with Gasteiger partial charge in [-0.15, -0.1) is 11.3 Å². The van der Waals surface area contributed by atoms with Crippen LogP contribution in [0, 0.1) is 28.6 Å². The normalized spacial score (nSPS) is 41.8. The number of hydrogen-bond acceptors (Lipinski definition) is 8. The van der Waals surface area contributed by atoms with Crippen LogP contribution in [0.2, 0.25) is 0 Å². The van der Waals surface area contributed by atoms with Crippen LogP contribution in [0.25, 0.3) is 10.2 Å². The molecule has 9 atom stereocenters. The molecule has 2 heterocycles. The summed E-state index contributed by atoms with van der Waals surface area (Å²) in [7, 11) is 0. The average Bonchev–Trinajstić information content (AvgIpc) is 3.57. The number of carbonyl (C=O) groups is 2. The Balaban J connectivity index is 1.22. The molecule has 1 aromatic heterocycles. The van der Waals surface area contributed by atoms with Crippen LogP contribution in [0.1, 0.15) is 59.3 Å². The number of aliphatic hydroxyl groups is 1. The van der Waals surface area contributed by atoms with E-state index < -0.39 is 23.4 Å². The van der Waals surface area contributed by atoms with E-state index in [1.165, 1.54) is 11.8 Å². The highest BCUT2D eigenvalue weighted by Gasteiger charge is 2.75. The Morgan fingerprint density at radius 3 is 2.90 bits per heavy atom. The minimum Gasteiger partial charge on any atom is -0.393 e. The Hall–Kier alpha value is -1.84. The van der Waals surface area contributed by atoms with Gasteiger partial charge in [0.1, 0.15) is 0 Å². The van der Waals surface area contributed by atoms with Crippen molar-refractivity contribution in [3.05, 3.63) is 48.1 Å². The first-order valence-electron chi connectivity index (χ1n) is 14.7. The summed E-state index contributed by atoms with van der Waals surface area (Å²) >= 11 is 3.10. The highest BCUT2D eigenvalue weighted by molar-refractivity contribution is 8.01. The lowest BCUT2D eigenvalue weighted by molar-refractivity contribution is -0.197. The number of rotatable bonds is 6. The van der Waals surface area contributed by atoms with Crippen LogP contribution in [0.4, 0.5) is 0 Å². The molecule has 0 amide bonds. The van der Waals surface area contributed by atoms with Gasteiger partial charge in [0.2, 0.25) is 0 Å². The maximum atomic E-state index is 14.5. The van der Waals surface area contributed by atoms with Gasteiger partial charge in [-0.3, -0.25) is 9.59 Å². The predicted molar refractivity (Wildman–Crippen MR) is 156 cm³/mol. The third-order valence-electron chi connectivity index (χ3n) is 10.8. The van der Waals surface area contributed by atoms with Crippen LogP contribution in [0.5, 0.6) is 0 Å². The molecule has 7 rings (SSSR count). The topological polar surface area (TPSA) is 85.7 Å². The summed E-state index contributed by atoms with van der Waals surface area (Å²) in [6.07, 6.45) is 8.81. The quantitative estimate of drug-likeness (QED) is 0.412. The number of allylic oxidation sites excluding steroid dienone is 4. The molecule has 5 unspecified atom stereocenters. The molecule has 0 radical (unpaired) electrons. The molecule has 4 fully saturated rings. The van der Waals surface area contributed by atoms with Crippen molar-refractivity contribution in [2.45, 2.75) is 87.7 Å². The molecule has 212 valence electrons. The second-order valence-electron chi connectivity index (χ2n) is 12.8. The van der Waals surface area contributed by atoms with Crippen LogP contribution in [0.3, 0.4) is 0 Å². The largest absolute Gasteiger partial charge is 0.393 e. The first-order chi connectivity index (χ1) is 19.2. The lowest BCUT2D eigenvalue weighted by atomic mass is 9.46. The lowest BCUT2D eigenvalue weighted by Crippen LogP contribution is -2.63. The van der Waals surface area contributed by atoms with Gasteiger partial charge in [-0.1, -0.05) is 62.7 Å². The molecule has 1 aromatic carbocycles. The number of hydrogen-bond donors (Lipinski definition) is 1. The number of thioether (sulfide) groups is 1. The molecule has 3 saturated carbocycles. The summed E-state index contributed by atoms with van der Waals surface area (Å²) in [6.45, 7) is 6.47. The van der Waals surface area contributed by atoms with Gasteiger partial charge in [0.15, 0.2) is 27.8 Å². The highest BCUT2D eigenvalue weighted by atomic mass is 32.2. The Morgan fingerprint density at radius 2 is 2.10 bits per heavy atom. The number of carbonyl (C=O) groups excluding carboxylic acids is 2.